The maximum Gasteiger partial charge on any atom is 0.269 e. The van der Waals surface area contributed by atoms with Gasteiger partial charge in [0.05, 0.1) is 6.20 Å². The van der Waals surface area contributed by atoms with Gasteiger partial charge in [-0.3, -0.25) is 4.79 Å². The Balaban J connectivity index is 1.87. The van der Waals surface area contributed by atoms with E-state index in [4.69, 9.17) is 0 Å². The fourth-order valence-electron chi connectivity index (χ4n) is 2.58. The topological polar surface area (TPSA) is 42.0 Å². The molecule has 0 bridgehead atoms. The molecule has 2 atom stereocenters. The van der Waals surface area contributed by atoms with Gasteiger partial charge in [-0.25, -0.2) is 9.37 Å². The fourth-order valence-corrected chi connectivity index (χ4v) is 3.43. The molecule has 2 unspecified atom stereocenters. The van der Waals surface area contributed by atoms with Crippen molar-refractivity contribution in [3.05, 3.63) is 29.8 Å². The number of rotatable bonds is 4. The normalized spacial score (nSPS) is 23.1. The molecule has 0 aromatic carbocycles. The van der Waals surface area contributed by atoms with Crippen molar-refractivity contribution in [3.8, 4) is 0 Å². The Hall–Kier alpha value is -0.970. The van der Waals surface area contributed by atoms with Crippen LogP contribution in [0.25, 0.3) is 0 Å². The van der Waals surface area contributed by atoms with Crippen LogP contribution in [0, 0.1) is 17.7 Å². The molecule has 0 spiro atoms. The maximum absolute atomic E-state index is 12.7. The average Bonchev–Trinajstić information content (AvgIpc) is 2.45. The summed E-state index contributed by atoms with van der Waals surface area (Å²) in [6, 6.07) is 2.66. The predicted molar refractivity (Wildman–Crippen MR) is 75.8 cm³/mol. The van der Waals surface area contributed by atoms with Crippen molar-refractivity contribution < 1.29 is 9.18 Å². The minimum Gasteiger partial charge on any atom is -0.350 e. The molecule has 1 N–H and O–H groups in total. The van der Waals surface area contributed by atoms with Crippen LogP contribution in [-0.4, -0.2) is 22.8 Å². The third-order valence-electron chi connectivity index (χ3n) is 3.75. The van der Waals surface area contributed by atoms with Gasteiger partial charge in [0.25, 0.3) is 5.91 Å². The summed E-state index contributed by atoms with van der Waals surface area (Å²) in [6.07, 6.45) is 5.96. The van der Waals surface area contributed by atoms with E-state index in [2.05, 4.69) is 26.2 Å². The van der Waals surface area contributed by atoms with Gasteiger partial charge in [-0.1, -0.05) is 28.8 Å². The first-order valence-corrected chi connectivity index (χ1v) is 7.78. The lowest BCUT2D eigenvalue weighted by Gasteiger charge is -2.30. The molecule has 1 amide bonds. The minimum atomic E-state index is -0.428. The number of alkyl halides is 1. The second kappa shape index (κ2) is 6.98. The van der Waals surface area contributed by atoms with Crippen LogP contribution in [0.5, 0.6) is 0 Å². The Kier molecular flexibility index (Phi) is 5.31. The third kappa shape index (κ3) is 4.00. The number of halogens is 2. The predicted octanol–water partition coefficient (Wildman–Crippen LogP) is 3.15. The molecular formula is C14H18BrFN2O. The highest BCUT2D eigenvalue weighted by Gasteiger charge is 2.24. The first-order valence-electron chi connectivity index (χ1n) is 6.66. The third-order valence-corrected chi connectivity index (χ3v) is 4.58. The summed E-state index contributed by atoms with van der Waals surface area (Å²) in [4.78, 5) is 15.7. The van der Waals surface area contributed by atoms with Crippen molar-refractivity contribution in [1.82, 2.24) is 10.3 Å². The summed E-state index contributed by atoms with van der Waals surface area (Å²) < 4.78 is 12.7. The summed E-state index contributed by atoms with van der Waals surface area (Å²) in [5.41, 5.74) is 0.271. The van der Waals surface area contributed by atoms with Crippen molar-refractivity contribution in [3.63, 3.8) is 0 Å². The van der Waals surface area contributed by atoms with Crippen LogP contribution in [0.1, 0.15) is 36.2 Å². The lowest BCUT2D eigenvalue weighted by Crippen LogP contribution is -2.35. The van der Waals surface area contributed by atoms with Crippen LogP contribution in [-0.2, 0) is 0 Å². The number of nitrogens with one attached hydrogen (secondary N) is 1. The molecular weight excluding hydrogens is 311 g/mol. The maximum atomic E-state index is 12.7. The standard InChI is InChI=1S/C14H18BrFN2O/c15-7-10-3-1-2-4-11(10)8-18-14(19)13-6-5-12(16)9-17-13/h5-6,9-11H,1-4,7-8H2,(H,18,19). The Morgan fingerprint density at radius 2 is 2.11 bits per heavy atom. The van der Waals surface area contributed by atoms with E-state index in [0.29, 0.717) is 18.4 Å². The summed E-state index contributed by atoms with van der Waals surface area (Å²) in [5.74, 6) is 0.509. The number of carbonyl (C=O) groups excluding carboxylic acids is 1. The number of carbonyl (C=O) groups is 1. The molecule has 1 aromatic heterocycles. The Labute approximate surface area is 121 Å². The lowest BCUT2D eigenvalue weighted by atomic mass is 9.80. The van der Waals surface area contributed by atoms with Crippen molar-refractivity contribution in [1.29, 1.82) is 0 Å². The van der Waals surface area contributed by atoms with Crippen LogP contribution in [0.15, 0.2) is 18.3 Å². The quantitative estimate of drug-likeness (QED) is 0.862. The van der Waals surface area contributed by atoms with E-state index in [-0.39, 0.29) is 11.6 Å². The van der Waals surface area contributed by atoms with E-state index in [1.165, 1.54) is 31.4 Å². The first kappa shape index (κ1) is 14.4. The number of aromatic nitrogens is 1. The van der Waals surface area contributed by atoms with Gasteiger partial charge in [-0.15, -0.1) is 0 Å². The summed E-state index contributed by atoms with van der Waals surface area (Å²) in [5, 5.41) is 3.90. The number of hydrogen-bond acceptors (Lipinski definition) is 2. The van der Waals surface area contributed by atoms with Crippen LogP contribution >= 0.6 is 15.9 Å². The molecule has 1 aliphatic carbocycles. The highest BCUT2D eigenvalue weighted by molar-refractivity contribution is 9.09. The zero-order chi connectivity index (χ0) is 13.7. The van der Waals surface area contributed by atoms with Crippen molar-refractivity contribution in [2.45, 2.75) is 25.7 Å². The second-order valence-corrected chi connectivity index (χ2v) is 5.68. The van der Waals surface area contributed by atoms with E-state index in [9.17, 15) is 9.18 Å². The lowest BCUT2D eigenvalue weighted by molar-refractivity contribution is 0.0932. The van der Waals surface area contributed by atoms with E-state index >= 15 is 0 Å². The van der Waals surface area contributed by atoms with E-state index in [1.54, 1.807) is 0 Å². The molecule has 1 saturated carbocycles. The van der Waals surface area contributed by atoms with Gasteiger partial charge in [-0.05, 0) is 36.8 Å². The van der Waals surface area contributed by atoms with Crippen LogP contribution in [0.4, 0.5) is 4.39 Å². The molecule has 3 nitrogen and oxygen atoms in total. The second-order valence-electron chi connectivity index (χ2n) is 5.03. The summed E-state index contributed by atoms with van der Waals surface area (Å²) in [6.45, 7) is 0.675. The van der Waals surface area contributed by atoms with Gasteiger partial charge in [0.2, 0.25) is 0 Å². The number of pyridine rings is 1. The highest BCUT2D eigenvalue weighted by atomic mass is 79.9. The van der Waals surface area contributed by atoms with Gasteiger partial charge < -0.3 is 5.32 Å². The monoisotopic (exact) mass is 328 g/mol. The van der Waals surface area contributed by atoms with Crippen molar-refractivity contribution in [2.75, 3.05) is 11.9 Å². The largest absolute Gasteiger partial charge is 0.350 e. The molecule has 1 aliphatic rings. The molecule has 1 fully saturated rings. The zero-order valence-electron chi connectivity index (χ0n) is 10.7. The molecule has 19 heavy (non-hydrogen) atoms. The summed E-state index contributed by atoms with van der Waals surface area (Å²) >= 11 is 3.54. The molecule has 1 aromatic rings. The zero-order valence-corrected chi connectivity index (χ0v) is 12.3. The van der Waals surface area contributed by atoms with Crippen LogP contribution in [0.3, 0.4) is 0 Å². The Bertz CT molecular complexity index is 424. The molecule has 0 radical (unpaired) electrons. The molecule has 2 rings (SSSR count). The highest BCUT2D eigenvalue weighted by Crippen LogP contribution is 2.30. The molecule has 0 saturated heterocycles. The van der Waals surface area contributed by atoms with Gasteiger partial charge in [0.1, 0.15) is 11.5 Å². The SMILES string of the molecule is O=C(NCC1CCCCC1CBr)c1ccc(F)cn1. The molecule has 104 valence electrons. The van der Waals surface area contributed by atoms with E-state index in [1.807, 2.05) is 0 Å². The number of nitrogens with zero attached hydrogens (tertiary/aromatic N) is 1. The van der Waals surface area contributed by atoms with E-state index < -0.39 is 5.82 Å². The number of amides is 1. The van der Waals surface area contributed by atoms with E-state index in [0.717, 1.165) is 17.9 Å². The Morgan fingerprint density at radius 1 is 1.37 bits per heavy atom. The van der Waals surface area contributed by atoms with Crippen LogP contribution < -0.4 is 5.32 Å². The molecule has 5 heteroatoms. The summed E-state index contributed by atoms with van der Waals surface area (Å²) in [7, 11) is 0. The van der Waals surface area contributed by atoms with Crippen LogP contribution in [0.2, 0.25) is 0 Å². The smallest absolute Gasteiger partial charge is 0.269 e. The molecule has 1 heterocycles. The fraction of sp³-hybridized carbons (Fsp3) is 0.571. The van der Waals surface area contributed by atoms with Gasteiger partial charge in [0, 0.05) is 11.9 Å². The average molecular weight is 329 g/mol. The minimum absolute atomic E-state index is 0.223. The van der Waals surface area contributed by atoms with Gasteiger partial charge in [-0.2, -0.15) is 0 Å². The van der Waals surface area contributed by atoms with Crippen molar-refractivity contribution in [2.24, 2.45) is 11.8 Å². The van der Waals surface area contributed by atoms with Gasteiger partial charge >= 0.3 is 0 Å². The first-order chi connectivity index (χ1) is 9.20. The van der Waals surface area contributed by atoms with Crippen molar-refractivity contribution >= 4 is 21.8 Å². The van der Waals surface area contributed by atoms with Gasteiger partial charge in [0.15, 0.2) is 0 Å². The number of hydrogen-bond donors (Lipinski definition) is 1. The molecule has 0 aliphatic heterocycles. The Morgan fingerprint density at radius 3 is 2.74 bits per heavy atom.